The maximum absolute atomic E-state index is 2.43. The number of fused-ring (bicyclic) bond motifs is 3. The molecule has 0 saturated carbocycles. The molecule has 0 fully saturated rings. The summed E-state index contributed by atoms with van der Waals surface area (Å²) in [5.74, 6) is 0. The minimum Gasteiger partial charge on any atom is -0.0616 e. The molecule has 0 spiro atoms. The minimum atomic E-state index is 0.0746. The molecule has 0 aromatic heterocycles. The van der Waals surface area contributed by atoms with Gasteiger partial charge in [-0.25, -0.2) is 0 Å². The zero-order valence-electron chi connectivity index (χ0n) is 23.1. The SMILES string of the molecule is Cc1cc(C(=C2c3ccccc3-c3ccccc32)c2cc(C)cc(C(C)(C)C)c2)cc(C(C)(C)C)c1. The van der Waals surface area contributed by atoms with E-state index in [-0.39, 0.29) is 10.8 Å². The Kier molecular flexibility index (Phi) is 5.83. The average molecular weight is 471 g/mol. The van der Waals surface area contributed by atoms with Gasteiger partial charge in [-0.1, -0.05) is 138 Å². The van der Waals surface area contributed by atoms with E-state index in [1.165, 1.54) is 66.8 Å². The molecule has 5 rings (SSSR count). The van der Waals surface area contributed by atoms with Crippen LogP contribution in [0, 0.1) is 13.8 Å². The highest BCUT2D eigenvalue weighted by molar-refractivity contribution is 6.13. The molecule has 4 aromatic carbocycles. The lowest BCUT2D eigenvalue weighted by atomic mass is 9.79. The number of hydrogen-bond acceptors (Lipinski definition) is 0. The van der Waals surface area contributed by atoms with Crippen LogP contribution in [0.2, 0.25) is 0 Å². The van der Waals surface area contributed by atoms with Gasteiger partial charge in [0, 0.05) is 0 Å². The first-order valence-electron chi connectivity index (χ1n) is 13.1. The predicted octanol–water partition coefficient (Wildman–Crippen LogP) is 9.89. The maximum Gasteiger partial charge on any atom is -0.00143 e. The number of benzene rings is 4. The third kappa shape index (κ3) is 4.35. The van der Waals surface area contributed by atoms with Gasteiger partial charge in [0.25, 0.3) is 0 Å². The van der Waals surface area contributed by atoms with Gasteiger partial charge < -0.3 is 0 Å². The van der Waals surface area contributed by atoms with Crippen molar-refractivity contribution in [1.82, 2.24) is 0 Å². The van der Waals surface area contributed by atoms with Crippen molar-refractivity contribution >= 4 is 11.1 Å². The van der Waals surface area contributed by atoms with Gasteiger partial charge in [-0.2, -0.15) is 0 Å². The molecule has 0 N–H and O–H groups in total. The Morgan fingerprint density at radius 3 is 1.19 bits per heavy atom. The fraction of sp³-hybridized carbons (Fsp3) is 0.278. The fourth-order valence-corrected chi connectivity index (χ4v) is 5.46. The van der Waals surface area contributed by atoms with Crippen LogP contribution in [0.25, 0.3) is 22.3 Å². The van der Waals surface area contributed by atoms with Crippen LogP contribution >= 0.6 is 0 Å². The summed E-state index contributed by atoms with van der Waals surface area (Å²) in [5, 5.41) is 0. The molecular weight excluding hydrogens is 432 g/mol. The summed E-state index contributed by atoms with van der Waals surface area (Å²) in [7, 11) is 0. The highest BCUT2D eigenvalue weighted by atomic mass is 14.3. The molecule has 0 heterocycles. The Balaban J connectivity index is 1.94. The average Bonchev–Trinajstić information content (AvgIpc) is 3.12. The van der Waals surface area contributed by atoms with E-state index in [0.717, 1.165) is 0 Å². The molecule has 36 heavy (non-hydrogen) atoms. The summed E-state index contributed by atoms with van der Waals surface area (Å²) in [5.41, 5.74) is 16.1. The lowest BCUT2D eigenvalue weighted by Gasteiger charge is -2.25. The first-order chi connectivity index (χ1) is 16.9. The van der Waals surface area contributed by atoms with Crippen molar-refractivity contribution < 1.29 is 0 Å². The molecule has 0 unspecified atom stereocenters. The van der Waals surface area contributed by atoms with Crippen LogP contribution in [0.1, 0.15) is 86.1 Å². The summed E-state index contributed by atoms with van der Waals surface area (Å²) < 4.78 is 0. The third-order valence-electron chi connectivity index (χ3n) is 7.40. The van der Waals surface area contributed by atoms with Gasteiger partial charge in [0.1, 0.15) is 0 Å². The summed E-state index contributed by atoms with van der Waals surface area (Å²) in [6, 6.07) is 32.1. The standard InChI is InChI=1S/C36H38/c1-23-17-25(21-27(19-23)35(3,4)5)33(26-18-24(2)20-28(22-26)36(6,7)8)34-31-15-11-9-13-29(31)30-14-10-12-16-32(30)34/h9-22H,1-8H3. The summed E-state index contributed by atoms with van der Waals surface area (Å²) in [4.78, 5) is 0. The van der Waals surface area contributed by atoms with Gasteiger partial charge in [0.05, 0.1) is 0 Å². The van der Waals surface area contributed by atoms with E-state index in [4.69, 9.17) is 0 Å². The monoisotopic (exact) mass is 470 g/mol. The Morgan fingerprint density at radius 2 is 0.833 bits per heavy atom. The predicted molar refractivity (Wildman–Crippen MR) is 157 cm³/mol. The topological polar surface area (TPSA) is 0 Å². The molecule has 0 bridgehead atoms. The number of aryl methyl sites for hydroxylation is 2. The van der Waals surface area contributed by atoms with Crippen LogP contribution in [0.4, 0.5) is 0 Å². The van der Waals surface area contributed by atoms with Crippen molar-refractivity contribution in [2.75, 3.05) is 0 Å². The van der Waals surface area contributed by atoms with Crippen LogP contribution in [0.15, 0.2) is 84.9 Å². The fourth-order valence-electron chi connectivity index (χ4n) is 5.46. The molecule has 0 nitrogen and oxygen atoms in total. The molecule has 0 atom stereocenters. The second-order valence-corrected chi connectivity index (χ2v) is 12.5. The first-order valence-corrected chi connectivity index (χ1v) is 13.1. The van der Waals surface area contributed by atoms with E-state index in [9.17, 15) is 0 Å². The number of rotatable bonds is 2. The second kappa shape index (κ2) is 8.63. The smallest absolute Gasteiger partial charge is 0.00143 e. The van der Waals surface area contributed by atoms with Crippen molar-refractivity contribution in [2.45, 2.75) is 66.2 Å². The van der Waals surface area contributed by atoms with Crippen LogP contribution < -0.4 is 0 Å². The summed E-state index contributed by atoms with van der Waals surface area (Å²) in [6.45, 7) is 18.3. The van der Waals surface area contributed by atoms with Crippen molar-refractivity contribution in [3.8, 4) is 11.1 Å². The Bertz CT molecular complexity index is 1380. The van der Waals surface area contributed by atoms with Crippen molar-refractivity contribution in [3.63, 3.8) is 0 Å². The van der Waals surface area contributed by atoms with Crippen LogP contribution in [0.5, 0.6) is 0 Å². The van der Waals surface area contributed by atoms with Gasteiger partial charge in [-0.05, 0) is 80.3 Å². The van der Waals surface area contributed by atoms with Crippen molar-refractivity contribution in [3.05, 3.63) is 129 Å². The largest absolute Gasteiger partial charge is 0.0616 e. The quantitative estimate of drug-likeness (QED) is 0.241. The van der Waals surface area contributed by atoms with Crippen molar-refractivity contribution in [1.29, 1.82) is 0 Å². The molecular formula is C36H38. The Hall–Kier alpha value is -3.38. The van der Waals surface area contributed by atoms with Crippen LogP contribution in [-0.2, 0) is 10.8 Å². The first kappa shape index (κ1) is 24.3. The van der Waals surface area contributed by atoms with Crippen LogP contribution in [0.3, 0.4) is 0 Å². The zero-order valence-corrected chi connectivity index (χ0v) is 23.1. The maximum atomic E-state index is 2.43. The van der Waals surface area contributed by atoms with E-state index < -0.39 is 0 Å². The van der Waals surface area contributed by atoms with E-state index >= 15 is 0 Å². The zero-order chi connectivity index (χ0) is 25.8. The van der Waals surface area contributed by atoms with E-state index in [2.05, 4.69) is 140 Å². The molecule has 1 aliphatic carbocycles. The van der Waals surface area contributed by atoms with E-state index in [0.29, 0.717) is 0 Å². The minimum absolute atomic E-state index is 0.0746. The second-order valence-electron chi connectivity index (χ2n) is 12.5. The number of hydrogen-bond donors (Lipinski definition) is 0. The Morgan fingerprint density at radius 1 is 0.472 bits per heavy atom. The highest BCUT2D eigenvalue weighted by Crippen LogP contribution is 2.49. The summed E-state index contributed by atoms with van der Waals surface area (Å²) >= 11 is 0. The van der Waals surface area contributed by atoms with Gasteiger partial charge in [0.15, 0.2) is 0 Å². The Labute approximate surface area is 217 Å². The van der Waals surface area contributed by atoms with Gasteiger partial charge in [-0.3, -0.25) is 0 Å². The normalized spacial score (nSPS) is 12.9. The van der Waals surface area contributed by atoms with Crippen molar-refractivity contribution in [2.24, 2.45) is 0 Å². The molecule has 0 amide bonds. The van der Waals surface area contributed by atoms with Gasteiger partial charge in [0.2, 0.25) is 0 Å². The molecule has 0 radical (unpaired) electrons. The third-order valence-corrected chi connectivity index (χ3v) is 7.40. The highest BCUT2D eigenvalue weighted by Gasteiger charge is 2.28. The molecule has 0 saturated heterocycles. The van der Waals surface area contributed by atoms with Gasteiger partial charge >= 0.3 is 0 Å². The molecule has 0 aliphatic heterocycles. The summed E-state index contributed by atoms with van der Waals surface area (Å²) in [6.07, 6.45) is 0. The molecule has 4 aromatic rings. The van der Waals surface area contributed by atoms with E-state index in [1.807, 2.05) is 0 Å². The van der Waals surface area contributed by atoms with E-state index in [1.54, 1.807) is 0 Å². The molecule has 0 heteroatoms. The molecule has 182 valence electrons. The molecule has 1 aliphatic rings. The lowest BCUT2D eigenvalue weighted by molar-refractivity contribution is 0.589. The van der Waals surface area contributed by atoms with Gasteiger partial charge in [-0.15, -0.1) is 0 Å². The van der Waals surface area contributed by atoms with Crippen LogP contribution in [-0.4, -0.2) is 0 Å². The lowest BCUT2D eigenvalue weighted by Crippen LogP contribution is -2.13.